The van der Waals surface area contributed by atoms with E-state index >= 15 is 0 Å². The van der Waals surface area contributed by atoms with E-state index in [1.165, 1.54) is 0 Å². The molecule has 5 nitrogen and oxygen atoms in total. The summed E-state index contributed by atoms with van der Waals surface area (Å²) in [6.07, 6.45) is -6.61. The van der Waals surface area contributed by atoms with Crippen molar-refractivity contribution in [2.75, 3.05) is 13.2 Å². The zero-order valence-corrected chi connectivity index (χ0v) is 16.2. The van der Waals surface area contributed by atoms with Crippen LogP contribution in [0, 0.1) is 0 Å². The van der Waals surface area contributed by atoms with Gasteiger partial charge in [-0.3, -0.25) is 0 Å². The zero-order valence-electron chi connectivity index (χ0n) is 15.5. The zero-order chi connectivity index (χ0) is 20.3. The van der Waals surface area contributed by atoms with E-state index in [2.05, 4.69) is 0 Å². The minimum Gasteiger partial charge on any atom is -0.494 e. The van der Waals surface area contributed by atoms with E-state index in [1.807, 2.05) is 31.2 Å². The highest BCUT2D eigenvalue weighted by atomic mass is 35.5. The molecule has 2 aromatic rings. The van der Waals surface area contributed by atoms with Crippen molar-refractivity contribution < 1.29 is 29.2 Å². The molecule has 1 aliphatic heterocycles. The number of aliphatic hydroxyl groups excluding tert-OH is 3. The molecule has 0 radical (unpaired) electrons. The predicted octanol–water partition coefficient (Wildman–Crippen LogP) is 2.82. The minimum atomic E-state index is -1.92. The fourth-order valence-corrected chi connectivity index (χ4v) is 3.53. The maximum Gasteiger partial charge on any atom is 0.157 e. The van der Waals surface area contributed by atoms with Gasteiger partial charge in [0, 0.05) is 5.02 Å². The Kier molecular flexibility index (Phi) is 6.91. The number of ether oxygens (including phenoxy) is 2. The SMILES string of the molecule is CCOc1ccc(Cc2cc([C@@H]3O[C@H](CO)[C@@H](O)[C@H]([18F])[C@H]3O)ccc2Cl)cc1. The summed E-state index contributed by atoms with van der Waals surface area (Å²) in [5.74, 6) is 0.785. The van der Waals surface area contributed by atoms with Gasteiger partial charge in [0.25, 0.3) is 0 Å². The second-order valence-corrected chi connectivity index (χ2v) is 7.22. The third kappa shape index (κ3) is 4.47. The van der Waals surface area contributed by atoms with Gasteiger partial charge in [-0.05, 0) is 48.2 Å². The molecule has 7 heteroatoms. The largest absolute Gasteiger partial charge is 0.494 e. The third-order valence-corrected chi connectivity index (χ3v) is 5.24. The van der Waals surface area contributed by atoms with Gasteiger partial charge in [-0.25, -0.2) is 4.39 Å². The van der Waals surface area contributed by atoms with Gasteiger partial charge in [-0.15, -0.1) is 0 Å². The monoisotopic (exact) mass is 409 g/mol. The Morgan fingerprint density at radius 2 is 1.82 bits per heavy atom. The summed E-state index contributed by atoms with van der Waals surface area (Å²) in [7, 11) is 0. The number of hydrogen-bond donors (Lipinski definition) is 3. The van der Waals surface area contributed by atoms with Crippen molar-refractivity contribution in [2.24, 2.45) is 0 Å². The lowest BCUT2D eigenvalue weighted by atomic mass is 9.90. The van der Waals surface area contributed by atoms with E-state index in [0.29, 0.717) is 23.6 Å². The van der Waals surface area contributed by atoms with Gasteiger partial charge in [0.05, 0.1) is 13.2 Å². The summed E-state index contributed by atoms with van der Waals surface area (Å²) in [6.45, 7) is 1.97. The molecule has 152 valence electrons. The molecule has 0 spiro atoms. The molecule has 3 rings (SSSR count). The lowest BCUT2D eigenvalue weighted by Crippen LogP contribution is -2.53. The van der Waals surface area contributed by atoms with Crippen molar-refractivity contribution in [3.8, 4) is 5.75 Å². The maximum atomic E-state index is 14.2. The van der Waals surface area contributed by atoms with Gasteiger partial charge in [0.15, 0.2) is 6.17 Å². The van der Waals surface area contributed by atoms with Crippen LogP contribution < -0.4 is 4.74 Å². The lowest BCUT2D eigenvalue weighted by Gasteiger charge is -2.39. The molecule has 0 bridgehead atoms. The van der Waals surface area contributed by atoms with Crippen molar-refractivity contribution >= 4 is 11.6 Å². The number of halogens is 2. The average molecular weight is 410 g/mol. The van der Waals surface area contributed by atoms with Gasteiger partial charge < -0.3 is 24.8 Å². The number of alkyl halides is 1. The highest BCUT2D eigenvalue weighted by Gasteiger charge is 2.45. The van der Waals surface area contributed by atoms with Crippen molar-refractivity contribution in [3.63, 3.8) is 0 Å². The molecule has 5 atom stereocenters. The molecule has 0 aromatic heterocycles. The molecule has 1 saturated heterocycles. The Morgan fingerprint density at radius 1 is 1.11 bits per heavy atom. The number of aliphatic hydroxyl groups is 3. The fourth-order valence-electron chi connectivity index (χ4n) is 3.35. The lowest BCUT2D eigenvalue weighted by molar-refractivity contribution is -0.214. The van der Waals surface area contributed by atoms with E-state index in [9.17, 15) is 19.7 Å². The van der Waals surface area contributed by atoms with Crippen LogP contribution in [0.2, 0.25) is 5.02 Å². The number of benzene rings is 2. The molecule has 1 aliphatic rings. The highest BCUT2D eigenvalue weighted by Crippen LogP contribution is 2.35. The first-order valence-electron chi connectivity index (χ1n) is 9.21. The molecule has 1 fully saturated rings. The summed E-state index contributed by atoms with van der Waals surface area (Å²) >= 11 is 6.33. The van der Waals surface area contributed by atoms with Crippen LogP contribution in [0.1, 0.15) is 29.7 Å². The summed E-state index contributed by atoms with van der Waals surface area (Å²) in [6, 6.07) is 12.7. The molecule has 2 aromatic carbocycles. The van der Waals surface area contributed by atoms with Crippen molar-refractivity contribution in [2.45, 2.75) is 43.9 Å². The Morgan fingerprint density at radius 3 is 2.46 bits per heavy atom. The van der Waals surface area contributed by atoms with E-state index in [0.717, 1.165) is 16.9 Å². The van der Waals surface area contributed by atoms with Crippen LogP contribution in [0.5, 0.6) is 5.75 Å². The molecule has 0 unspecified atom stereocenters. The normalized spacial score (nSPS) is 27.6. The predicted molar refractivity (Wildman–Crippen MR) is 103 cm³/mol. The number of rotatable bonds is 6. The quantitative estimate of drug-likeness (QED) is 0.683. The summed E-state index contributed by atoms with van der Waals surface area (Å²) in [5.41, 5.74) is 2.34. The standard InChI is InChI=1S/C21H24ClFO5/c1-2-27-15-6-3-12(4-7-15)9-14-10-13(5-8-16(14)22)21-20(26)18(23)19(25)17(11-24)28-21/h3-8,10,17-21,24-26H,2,9,11H2,1H3/t17-,18+,19-,20-,21+/m1/s1/i23-1. The average Bonchev–Trinajstić information content (AvgIpc) is 2.70. The van der Waals surface area contributed by atoms with Crippen LogP contribution in [-0.4, -0.2) is 53.0 Å². The summed E-state index contributed by atoms with van der Waals surface area (Å²) < 4.78 is 25.2. The Labute approximate surface area is 168 Å². The molecule has 3 N–H and O–H groups in total. The van der Waals surface area contributed by atoms with Crippen LogP contribution in [0.4, 0.5) is 4.39 Å². The second kappa shape index (κ2) is 9.20. The minimum absolute atomic E-state index is 0.533. The van der Waals surface area contributed by atoms with Crippen molar-refractivity contribution in [1.82, 2.24) is 0 Å². The fraction of sp³-hybridized carbons (Fsp3) is 0.429. The summed E-state index contributed by atoms with van der Waals surface area (Å²) in [4.78, 5) is 0. The van der Waals surface area contributed by atoms with E-state index in [-0.39, 0.29) is 0 Å². The third-order valence-electron chi connectivity index (χ3n) is 4.87. The Hall–Kier alpha value is -1.70. The van der Waals surface area contributed by atoms with Gasteiger partial charge in [0.2, 0.25) is 0 Å². The van der Waals surface area contributed by atoms with E-state index in [1.54, 1.807) is 18.2 Å². The van der Waals surface area contributed by atoms with Gasteiger partial charge in [-0.1, -0.05) is 35.9 Å². The summed E-state index contributed by atoms with van der Waals surface area (Å²) in [5, 5.41) is 29.9. The molecule has 0 aliphatic carbocycles. The van der Waals surface area contributed by atoms with Gasteiger partial charge in [0.1, 0.15) is 30.2 Å². The first-order chi connectivity index (χ1) is 13.4. The maximum absolute atomic E-state index is 14.2. The van der Waals surface area contributed by atoms with E-state index < -0.39 is 37.2 Å². The Balaban J connectivity index is 1.82. The molecule has 28 heavy (non-hydrogen) atoms. The first-order valence-corrected chi connectivity index (χ1v) is 9.59. The van der Waals surface area contributed by atoms with Crippen LogP contribution in [-0.2, 0) is 11.2 Å². The van der Waals surface area contributed by atoms with Crippen LogP contribution in [0.15, 0.2) is 42.5 Å². The van der Waals surface area contributed by atoms with E-state index in [4.69, 9.17) is 21.1 Å². The van der Waals surface area contributed by atoms with Gasteiger partial charge >= 0.3 is 0 Å². The molecule has 1 heterocycles. The molecule has 0 amide bonds. The number of hydrogen-bond acceptors (Lipinski definition) is 5. The molecular weight excluding hydrogens is 386 g/mol. The topological polar surface area (TPSA) is 79.2 Å². The molecule has 0 saturated carbocycles. The van der Waals surface area contributed by atoms with Crippen molar-refractivity contribution in [1.29, 1.82) is 0 Å². The van der Waals surface area contributed by atoms with Crippen LogP contribution in [0.25, 0.3) is 0 Å². The first kappa shape index (κ1) is 21.0. The van der Waals surface area contributed by atoms with Crippen LogP contribution >= 0.6 is 11.6 Å². The Bertz CT molecular complexity index is 783. The van der Waals surface area contributed by atoms with Crippen molar-refractivity contribution in [3.05, 3.63) is 64.2 Å². The van der Waals surface area contributed by atoms with Crippen LogP contribution in [0.3, 0.4) is 0 Å². The second-order valence-electron chi connectivity index (χ2n) is 6.81. The highest BCUT2D eigenvalue weighted by molar-refractivity contribution is 6.31. The van der Waals surface area contributed by atoms with Gasteiger partial charge in [-0.2, -0.15) is 0 Å². The molecular formula is C21H24ClFO5. The smallest absolute Gasteiger partial charge is 0.157 e.